The molecule has 0 fully saturated rings. The van der Waals surface area contributed by atoms with E-state index < -0.39 is 22.8 Å². The molecule has 1 aromatic rings. The fourth-order valence-corrected chi connectivity index (χ4v) is 1.47. The predicted octanol–water partition coefficient (Wildman–Crippen LogP) is 0.257. The molecule has 0 aliphatic rings. The Morgan fingerprint density at radius 3 is 2.82 bits per heavy atom. The predicted molar refractivity (Wildman–Crippen MR) is 60.8 cm³/mol. The van der Waals surface area contributed by atoms with Crippen molar-refractivity contribution >= 4 is 17.3 Å². The molecule has 2 atom stereocenters. The molecule has 0 aromatic carbocycles. The van der Waals surface area contributed by atoms with E-state index in [4.69, 9.17) is 11.6 Å². The number of pyridine rings is 1. The molecule has 0 saturated heterocycles. The van der Waals surface area contributed by atoms with Gasteiger partial charge in [0.1, 0.15) is 11.8 Å². The van der Waals surface area contributed by atoms with Crippen LogP contribution in [0.2, 0.25) is 5.02 Å². The van der Waals surface area contributed by atoms with E-state index in [1.165, 1.54) is 6.20 Å². The van der Waals surface area contributed by atoms with Crippen LogP contribution in [0.15, 0.2) is 12.3 Å². The molecule has 17 heavy (non-hydrogen) atoms. The molecule has 0 spiro atoms. The third kappa shape index (κ3) is 3.34. The maximum Gasteiger partial charge on any atom is 0.295 e. The minimum Gasteiger partial charge on any atom is -0.389 e. The van der Waals surface area contributed by atoms with Crippen LogP contribution in [-0.4, -0.2) is 39.8 Å². The zero-order valence-corrected chi connectivity index (χ0v) is 9.76. The Morgan fingerprint density at radius 1 is 1.65 bits per heavy atom. The highest BCUT2D eigenvalue weighted by Crippen LogP contribution is 2.27. The lowest BCUT2D eigenvalue weighted by Crippen LogP contribution is -2.30. The monoisotopic (exact) mass is 261 g/mol. The van der Waals surface area contributed by atoms with Crippen LogP contribution in [0.3, 0.4) is 0 Å². The molecule has 1 aromatic heterocycles. The fraction of sp³-hybridized carbons (Fsp3) is 0.444. The third-order valence-corrected chi connectivity index (χ3v) is 2.33. The molecule has 2 unspecified atom stereocenters. The van der Waals surface area contributed by atoms with Crippen molar-refractivity contribution in [3.8, 4) is 0 Å². The van der Waals surface area contributed by atoms with Crippen molar-refractivity contribution in [3.63, 3.8) is 0 Å². The van der Waals surface area contributed by atoms with Crippen molar-refractivity contribution in [2.24, 2.45) is 0 Å². The molecule has 0 saturated carbocycles. The van der Waals surface area contributed by atoms with Crippen LogP contribution in [0, 0.1) is 10.1 Å². The summed E-state index contributed by atoms with van der Waals surface area (Å²) in [5, 5.41) is 32.8. The van der Waals surface area contributed by atoms with Gasteiger partial charge < -0.3 is 15.5 Å². The smallest absolute Gasteiger partial charge is 0.295 e. The van der Waals surface area contributed by atoms with Crippen LogP contribution in [-0.2, 0) is 0 Å². The van der Waals surface area contributed by atoms with E-state index in [0.29, 0.717) is 0 Å². The zero-order chi connectivity index (χ0) is 13.0. The molecular formula is C9H12ClN3O4. The van der Waals surface area contributed by atoms with Crippen molar-refractivity contribution < 1.29 is 15.1 Å². The molecule has 0 aliphatic heterocycles. The number of nitro groups is 1. The second kappa shape index (κ2) is 5.87. The minimum atomic E-state index is -1.44. The van der Waals surface area contributed by atoms with Gasteiger partial charge in [0.2, 0.25) is 0 Å². The van der Waals surface area contributed by atoms with Crippen LogP contribution in [0.25, 0.3) is 0 Å². The number of hydrogen-bond donors (Lipinski definition) is 3. The van der Waals surface area contributed by atoms with E-state index in [1.54, 1.807) is 7.05 Å². The summed E-state index contributed by atoms with van der Waals surface area (Å²) in [7, 11) is 1.58. The minimum absolute atomic E-state index is 0.0859. The Morgan fingerprint density at radius 2 is 2.29 bits per heavy atom. The van der Waals surface area contributed by atoms with Crippen molar-refractivity contribution in [3.05, 3.63) is 33.1 Å². The molecule has 3 N–H and O–H groups in total. The average molecular weight is 262 g/mol. The van der Waals surface area contributed by atoms with Gasteiger partial charge >= 0.3 is 0 Å². The van der Waals surface area contributed by atoms with Gasteiger partial charge in [-0.05, 0) is 7.05 Å². The largest absolute Gasteiger partial charge is 0.389 e. The van der Waals surface area contributed by atoms with E-state index in [-0.39, 0.29) is 17.3 Å². The van der Waals surface area contributed by atoms with Gasteiger partial charge in [-0.2, -0.15) is 0 Å². The molecule has 0 bridgehead atoms. The SMILES string of the molecule is CNCC(O)C(O)c1ncc(Cl)cc1[N+](=O)[O-]. The maximum atomic E-state index is 10.8. The Hall–Kier alpha value is -1.28. The number of nitrogens with zero attached hydrogens (tertiary/aromatic N) is 2. The number of likely N-dealkylation sites (N-methyl/N-ethyl adjacent to an activating group) is 1. The highest BCUT2D eigenvalue weighted by Gasteiger charge is 2.27. The Bertz CT molecular complexity index is 415. The summed E-state index contributed by atoms with van der Waals surface area (Å²) in [6.45, 7) is 0.0859. The number of nitrogens with one attached hydrogen (secondary N) is 1. The van der Waals surface area contributed by atoms with Crippen molar-refractivity contribution in [1.82, 2.24) is 10.3 Å². The fourth-order valence-electron chi connectivity index (χ4n) is 1.32. The number of hydrogen-bond acceptors (Lipinski definition) is 6. The standard InChI is InChI=1S/C9H12ClN3O4/c1-11-4-7(14)9(15)8-6(13(16)17)2-5(10)3-12-8/h2-3,7,9,11,14-15H,4H2,1H3. The van der Waals surface area contributed by atoms with E-state index in [1.807, 2.05) is 0 Å². The average Bonchev–Trinajstić information content (AvgIpc) is 2.28. The Balaban J connectivity index is 3.08. The highest BCUT2D eigenvalue weighted by molar-refractivity contribution is 6.30. The first kappa shape index (κ1) is 13.8. The molecular weight excluding hydrogens is 250 g/mol. The number of rotatable bonds is 5. The Labute approximate surface area is 102 Å². The summed E-state index contributed by atoms with van der Waals surface area (Å²) >= 11 is 5.58. The van der Waals surface area contributed by atoms with Gasteiger partial charge in [0.25, 0.3) is 5.69 Å². The number of aliphatic hydroxyl groups is 2. The summed E-state index contributed by atoms with van der Waals surface area (Å²) in [4.78, 5) is 13.7. The number of halogens is 1. The van der Waals surface area contributed by atoms with Gasteiger partial charge in [0.15, 0.2) is 0 Å². The van der Waals surface area contributed by atoms with Crippen molar-refractivity contribution in [1.29, 1.82) is 0 Å². The van der Waals surface area contributed by atoms with Crippen LogP contribution >= 0.6 is 11.6 Å². The molecule has 1 heterocycles. The summed E-state index contributed by atoms with van der Waals surface area (Å²) in [5.74, 6) is 0. The van der Waals surface area contributed by atoms with E-state index in [0.717, 1.165) is 6.07 Å². The second-order valence-electron chi connectivity index (χ2n) is 3.38. The van der Waals surface area contributed by atoms with Crippen LogP contribution in [0.1, 0.15) is 11.8 Å². The molecule has 7 nitrogen and oxygen atoms in total. The highest BCUT2D eigenvalue weighted by atomic mass is 35.5. The van der Waals surface area contributed by atoms with Gasteiger partial charge in [-0.25, -0.2) is 4.98 Å². The second-order valence-corrected chi connectivity index (χ2v) is 3.82. The number of aromatic nitrogens is 1. The van der Waals surface area contributed by atoms with Gasteiger partial charge in [0, 0.05) is 18.8 Å². The van der Waals surface area contributed by atoms with Gasteiger partial charge in [0.05, 0.1) is 16.0 Å². The summed E-state index contributed by atoms with van der Waals surface area (Å²) < 4.78 is 0. The van der Waals surface area contributed by atoms with E-state index >= 15 is 0 Å². The lowest BCUT2D eigenvalue weighted by molar-refractivity contribution is -0.386. The van der Waals surface area contributed by atoms with Crippen molar-refractivity contribution in [2.75, 3.05) is 13.6 Å². The summed E-state index contributed by atoms with van der Waals surface area (Å²) in [6.07, 6.45) is -1.45. The quantitative estimate of drug-likeness (QED) is 0.518. The van der Waals surface area contributed by atoms with Gasteiger partial charge in [-0.1, -0.05) is 11.6 Å². The molecule has 8 heteroatoms. The molecule has 0 amide bonds. The molecule has 0 aliphatic carbocycles. The first-order valence-corrected chi connectivity index (χ1v) is 5.15. The maximum absolute atomic E-state index is 10.8. The molecule has 94 valence electrons. The Kier molecular flexibility index (Phi) is 4.76. The summed E-state index contributed by atoms with van der Waals surface area (Å²) in [5.41, 5.74) is -0.623. The van der Waals surface area contributed by atoms with Crippen LogP contribution < -0.4 is 5.32 Å². The van der Waals surface area contributed by atoms with Gasteiger partial charge in [-0.15, -0.1) is 0 Å². The normalized spacial score (nSPS) is 14.4. The lowest BCUT2D eigenvalue weighted by atomic mass is 10.1. The van der Waals surface area contributed by atoms with Crippen LogP contribution in [0.4, 0.5) is 5.69 Å². The van der Waals surface area contributed by atoms with Crippen molar-refractivity contribution in [2.45, 2.75) is 12.2 Å². The molecule has 1 rings (SSSR count). The summed E-state index contributed by atoms with van der Waals surface area (Å²) in [6, 6.07) is 1.08. The number of aliphatic hydroxyl groups excluding tert-OH is 2. The topological polar surface area (TPSA) is 109 Å². The first-order valence-electron chi connectivity index (χ1n) is 4.78. The van der Waals surface area contributed by atoms with E-state index in [2.05, 4.69) is 10.3 Å². The first-order chi connectivity index (χ1) is 7.97. The zero-order valence-electron chi connectivity index (χ0n) is 9.00. The molecule has 0 radical (unpaired) electrons. The van der Waals surface area contributed by atoms with Crippen LogP contribution in [0.5, 0.6) is 0 Å². The van der Waals surface area contributed by atoms with E-state index in [9.17, 15) is 20.3 Å². The third-order valence-electron chi connectivity index (χ3n) is 2.12. The lowest BCUT2D eigenvalue weighted by Gasteiger charge is -2.16. The van der Waals surface area contributed by atoms with Gasteiger partial charge in [-0.3, -0.25) is 10.1 Å².